The van der Waals surface area contributed by atoms with Crippen molar-refractivity contribution >= 4 is 15.9 Å². The van der Waals surface area contributed by atoms with Gasteiger partial charge in [-0.3, -0.25) is 0 Å². The molecule has 0 radical (unpaired) electrons. The number of benzene rings is 1. The van der Waals surface area contributed by atoms with E-state index in [0.717, 1.165) is 17.3 Å². The predicted molar refractivity (Wildman–Crippen MR) is 66.7 cm³/mol. The van der Waals surface area contributed by atoms with E-state index in [1.54, 1.807) is 0 Å². The molecule has 0 aliphatic rings. The zero-order chi connectivity index (χ0) is 11.1. The van der Waals surface area contributed by atoms with Gasteiger partial charge in [0.25, 0.3) is 0 Å². The third-order valence-electron chi connectivity index (χ3n) is 2.25. The van der Waals surface area contributed by atoms with E-state index in [1.165, 1.54) is 5.56 Å². The molecule has 0 fully saturated rings. The lowest BCUT2D eigenvalue weighted by Crippen LogP contribution is -2.23. The quantitative estimate of drug-likeness (QED) is 0.863. The van der Waals surface area contributed by atoms with Crippen molar-refractivity contribution in [3.05, 3.63) is 34.3 Å². The average Bonchev–Trinajstić information content (AvgIpc) is 2.24. The van der Waals surface area contributed by atoms with Crippen LogP contribution in [0.2, 0.25) is 0 Å². The normalized spacial score (nSPS) is 12.7. The van der Waals surface area contributed by atoms with E-state index in [1.807, 2.05) is 12.1 Å². The molecule has 84 valence electrons. The molecule has 0 bridgehead atoms. The Bertz CT molecular complexity index is 291. The second-order valence-electron chi connectivity index (χ2n) is 3.59. The van der Waals surface area contributed by atoms with E-state index in [4.69, 9.17) is 10.5 Å². The lowest BCUT2D eigenvalue weighted by Gasteiger charge is -2.15. The Morgan fingerprint density at radius 1 is 1.47 bits per heavy atom. The van der Waals surface area contributed by atoms with E-state index in [-0.39, 0.29) is 6.10 Å². The first-order chi connectivity index (χ1) is 7.26. The van der Waals surface area contributed by atoms with E-state index in [9.17, 15) is 0 Å². The van der Waals surface area contributed by atoms with Crippen molar-refractivity contribution in [1.82, 2.24) is 0 Å². The highest BCUT2D eigenvalue weighted by Gasteiger charge is 2.05. The van der Waals surface area contributed by atoms with Crippen molar-refractivity contribution in [3.63, 3.8) is 0 Å². The fraction of sp³-hybridized carbons (Fsp3) is 0.500. The maximum absolute atomic E-state index is 5.73. The lowest BCUT2D eigenvalue weighted by molar-refractivity contribution is 0.0404. The highest BCUT2D eigenvalue weighted by atomic mass is 79.9. The van der Waals surface area contributed by atoms with Crippen LogP contribution in [0.5, 0.6) is 0 Å². The highest BCUT2D eigenvalue weighted by Crippen LogP contribution is 2.13. The zero-order valence-electron chi connectivity index (χ0n) is 9.08. The molecule has 1 aromatic rings. The first-order valence-corrected chi connectivity index (χ1v) is 6.11. The Morgan fingerprint density at radius 2 is 2.27 bits per heavy atom. The van der Waals surface area contributed by atoms with Gasteiger partial charge < -0.3 is 10.5 Å². The van der Waals surface area contributed by atoms with E-state index >= 15 is 0 Å². The van der Waals surface area contributed by atoms with Gasteiger partial charge in [0.1, 0.15) is 0 Å². The molecule has 0 saturated carbocycles. The van der Waals surface area contributed by atoms with Crippen LogP contribution < -0.4 is 5.73 Å². The van der Waals surface area contributed by atoms with Gasteiger partial charge >= 0.3 is 0 Å². The van der Waals surface area contributed by atoms with Crippen LogP contribution in [0.1, 0.15) is 25.3 Å². The molecule has 2 nitrogen and oxygen atoms in total. The number of hydrogen-bond acceptors (Lipinski definition) is 2. The smallest absolute Gasteiger partial charge is 0.0721 e. The number of hydrogen-bond donors (Lipinski definition) is 1. The van der Waals surface area contributed by atoms with Gasteiger partial charge in [-0.25, -0.2) is 0 Å². The Morgan fingerprint density at radius 3 is 2.87 bits per heavy atom. The molecule has 1 atom stereocenters. The van der Waals surface area contributed by atoms with Crippen LogP contribution >= 0.6 is 15.9 Å². The van der Waals surface area contributed by atoms with Gasteiger partial charge in [-0.15, -0.1) is 0 Å². The summed E-state index contributed by atoms with van der Waals surface area (Å²) in [6.45, 7) is 3.38. The second-order valence-corrected chi connectivity index (χ2v) is 4.50. The first kappa shape index (κ1) is 12.7. The fourth-order valence-corrected chi connectivity index (χ4v) is 1.88. The van der Waals surface area contributed by atoms with Gasteiger partial charge in [-0.2, -0.15) is 0 Å². The molecule has 0 spiro atoms. The molecule has 1 unspecified atom stereocenters. The largest absolute Gasteiger partial charge is 0.372 e. The zero-order valence-corrected chi connectivity index (χ0v) is 10.7. The molecule has 15 heavy (non-hydrogen) atoms. The van der Waals surface area contributed by atoms with Crippen molar-refractivity contribution in [3.8, 4) is 0 Å². The molecule has 0 aliphatic heterocycles. The van der Waals surface area contributed by atoms with Gasteiger partial charge in [0.2, 0.25) is 0 Å². The standard InChI is InChI=1S/C12H18BrNO/c1-2-4-12(8-14)15-9-10-5-3-6-11(13)7-10/h3,5-7,12H,2,4,8-9,14H2,1H3. The van der Waals surface area contributed by atoms with Gasteiger partial charge in [-0.1, -0.05) is 41.4 Å². The van der Waals surface area contributed by atoms with Crippen LogP contribution in [0.3, 0.4) is 0 Å². The van der Waals surface area contributed by atoms with Crippen molar-refractivity contribution in [1.29, 1.82) is 0 Å². The molecule has 0 saturated heterocycles. The van der Waals surface area contributed by atoms with Crippen molar-refractivity contribution in [2.24, 2.45) is 5.73 Å². The monoisotopic (exact) mass is 271 g/mol. The van der Waals surface area contributed by atoms with E-state index in [0.29, 0.717) is 13.2 Å². The van der Waals surface area contributed by atoms with Crippen LogP contribution in [-0.2, 0) is 11.3 Å². The molecular weight excluding hydrogens is 254 g/mol. The molecular formula is C12H18BrNO. The van der Waals surface area contributed by atoms with Crippen LogP contribution in [0.4, 0.5) is 0 Å². The maximum atomic E-state index is 5.73. The molecule has 3 heteroatoms. The molecule has 0 heterocycles. The van der Waals surface area contributed by atoms with Gasteiger partial charge in [0.15, 0.2) is 0 Å². The Hall–Kier alpha value is -0.380. The minimum Gasteiger partial charge on any atom is -0.372 e. The summed E-state index contributed by atoms with van der Waals surface area (Å²) in [5.74, 6) is 0. The topological polar surface area (TPSA) is 35.2 Å². The van der Waals surface area contributed by atoms with Crippen molar-refractivity contribution in [2.45, 2.75) is 32.5 Å². The van der Waals surface area contributed by atoms with Crippen LogP contribution in [-0.4, -0.2) is 12.6 Å². The molecule has 2 N–H and O–H groups in total. The van der Waals surface area contributed by atoms with Gasteiger partial charge in [0.05, 0.1) is 12.7 Å². The third kappa shape index (κ3) is 4.78. The first-order valence-electron chi connectivity index (χ1n) is 5.32. The summed E-state index contributed by atoms with van der Waals surface area (Å²) in [6, 6.07) is 8.15. The summed E-state index contributed by atoms with van der Waals surface area (Å²) in [5, 5.41) is 0. The summed E-state index contributed by atoms with van der Waals surface area (Å²) < 4.78 is 6.81. The average molecular weight is 272 g/mol. The lowest BCUT2D eigenvalue weighted by atomic mass is 10.2. The van der Waals surface area contributed by atoms with Crippen molar-refractivity contribution in [2.75, 3.05) is 6.54 Å². The molecule has 1 aromatic carbocycles. The summed E-state index contributed by atoms with van der Waals surface area (Å²) in [4.78, 5) is 0. The summed E-state index contributed by atoms with van der Waals surface area (Å²) in [7, 11) is 0. The van der Waals surface area contributed by atoms with Crippen LogP contribution in [0.15, 0.2) is 28.7 Å². The molecule has 0 aliphatic carbocycles. The number of nitrogens with two attached hydrogens (primary N) is 1. The fourth-order valence-electron chi connectivity index (χ4n) is 1.43. The summed E-state index contributed by atoms with van der Waals surface area (Å²) in [6.07, 6.45) is 2.33. The van der Waals surface area contributed by atoms with Crippen molar-refractivity contribution < 1.29 is 4.74 Å². The minimum absolute atomic E-state index is 0.189. The number of halogens is 1. The highest BCUT2D eigenvalue weighted by molar-refractivity contribution is 9.10. The number of ether oxygens (including phenoxy) is 1. The predicted octanol–water partition coefficient (Wildman–Crippen LogP) is 3.09. The van der Waals surface area contributed by atoms with Crippen LogP contribution in [0.25, 0.3) is 0 Å². The van der Waals surface area contributed by atoms with Gasteiger partial charge in [-0.05, 0) is 24.1 Å². The summed E-state index contributed by atoms with van der Waals surface area (Å²) in [5.41, 5.74) is 6.80. The SMILES string of the molecule is CCCC(CN)OCc1cccc(Br)c1. The Kier molecular flexibility index (Phi) is 5.91. The second kappa shape index (κ2) is 6.99. The van der Waals surface area contributed by atoms with Crippen LogP contribution in [0, 0.1) is 0 Å². The summed E-state index contributed by atoms with van der Waals surface area (Å²) >= 11 is 3.44. The minimum atomic E-state index is 0.189. The molecule has 1 rings (SSSR count). The van der Waals surface area contributed by atoms with Gasteiger partial charge in [0, 0.05) is 11.0 Å². The van der Waals surface area contributed by atoms with E-state index < -0.39 is 0 Å². The molecule has 0 aromatic heterocycles. The Labute approximate surface area is 99.9 Å². The molecule has 0 amide bonds. The maximum Gasteiger partial charge on any atom is 0.0721 e. The Balaban J connectivity index is 2.41. The number of rotatable bonds is 6. The third-order valence-corrected chi connectivity index (χ3v) is 2.74. The van der Waals surface area contributed by atoms with E-state index in [2.05, 4.69) is 35.0 Å².